The molecule has 1 aliphatic rings. The van der Waals surface area contributed by atoms with Crippen molar-refractivity contribution in [3.05, 3.63) is 70.7 Å². The molecular weight excluding hydrogens is 396 g/mol. The number of piperazine rings is 1. The van der Waals surface area contributed by atoms with Crippen molar-refractivity contribution in [2.75, 3.05) is 31.1 Å². The summed E-state index contributed by atoms with van der Waals surface area (Å²) in [7, 11) is 0. The Morgan fingerprint density at radius 3 is 2.32 bits per heavy atom. The Bertz CT molecular complexity index is 1130. The van der Waals surface area contributed by atoms with Crippen LogP contribution in [-0.4, -0.2) is 52.5 Å². The predicted octanol–water partition coefficient (Wildman–Crippen LogP) is 2.62. The minimum atomic E-state index is -0.719. The van der Waals surface area contributed by atoms with Crippen LogP contribution in [0.4, 0.5) is 5.69 Å². The van der Waals surface area contributed by atoms with Crippen LogP contribution in [0.5, 0.6) is 0 Å². The quantitative estimate of drug-likeness (QED) is 0.590. The zero-order chi connectivity index (χ0) is 22.0. The smallest absolute Gasteiger partial charge is 0.267 e. The van der Waals surface area contributed by atoms with Gasteiger partial charge in [-0.25, -0.2) is 4.68 Å². The van der Waals surface area contributed by atoms with Crippen LogP contribution in [0.1, 0.15) is 30.2 Å². The van der Waals surface area contributed by atoms with Crippen LogP contribution in [0, 0.1) is 0 Å². The third kappa shape index (κ3) is 4.28. The van der Waals surface area contributed by atoms with Crippen molar-refractivity contribution in [3.8, 4) is 11.5 Å². The number of nitrogens with zero attached hydrogens (tertiary/aromatic N) is 4. The largest absolute Gasteiger partial charge is 0.463 e. The van der Waals surface area contributed by atoms with E-state index in [1.54, 1.807) is 36.9 Å². The Morgan fingerprint density at radius 1 is 1.00 bits per heavy atom. The van der Waals surface area contributed by atoms with Gasteiger partial charge in [0.1, 0.15) is 11.7 Å². The van der Waals surface area contributed by atoms with E-state index in [0.29, 0.717) is 43.2 Å². The van der Waals surface area contributed by atoms with Gasteiger partial charge in [0.2, 0.25) is 5.91 Å². The Labute approximate surface area is 179 Å². The summed E-state index contributed by atoms with van der Waals surface area (Å²) in [5, 5.41) is 4.34. The first-order valence-electron chi connectivity index (χ1n) is 10.2. The van der Waals surface area contributed by atoms with E-state index < -0.39 is 6.04 Å². The van der Waals surface area contributed by atoms with E-state index in [1.807, 2.05) is 24.3 Å². The third-order valence-electron chi connectivity index (χ3n) is 5.55. The molecule has 2 aromatic heterocycles. The number of carbonyl (C=O) groups is 2. The predicted molar refractivity (Wildman–Crippen MR) is 116 cm³/mol. The van der Waals surface area contributed by atoms with Crippen LogP contribution in [0.3, 0.4) is 0 Å². The Morgan fingerprint density at radius 2 is 1.71 bits per heavy atom. The molecule has 1 saturated heterocycles. The number of ketones is 1. The number of amides is 1. The standard InChI is InChI=1S/C23H24N4O4/c1-16(27-22(29)10-9-20(24-27)21-4-3-15-31-21)23(30)26-13-11-25(12-14-26)19-7-5-18(6-8-19)17(2)28/h3-10,15-16H,11-14H2,1-2H3. The SMILES string of the molecule is CC(=O)c1ccc(N2CCN(C(=O)C(C)n3nc(-c4ccco4)ccc3=O)CC2)cc1. The van der Waals surface area contributed by atoms with Gasteiger partial charge in [-0.3, -0.25) is 14.4 Å². The summed E-state index contributed by atoms with van der Waals surface area (Å²) in [5.74, 6) is 0.437. The van der Waals surface area contributed by atoms with Gasteiger partial charge in [-0.2, -0.15) is 5.10 Å². The van der Waals surface area contributed by atoms with Gasteiger partial charge in [0, 0.05) is 43.5 Å². The molecule has 0 aliphatic carbocycles. The monoisotopic (exact) mass is 420 g/mol. The summed E-state index contributed by atoms with van der Waals surface area (Å²) in [5.41, 5.74) is 1.87. The number of anilines is 1. The van der Waals surface area contributed by atoms with E-state index in [0.717, 1.165) is 5.69 Å². The molecule has 1 amide bonds. The van der Waals surface area contributed by atoms with E-state index in [9.17, 15) is 14.4 Å². The van der Waals surface area contributed by atoms with Crippen molar-refractivity contribution in [3.63, 3.8) is 0 Å². The van der Waals surface area contributed by atoms with Crippen LogP contribution < -0.4 is 10.5 Å². The summed E-state index contributed by atoms with van der Waals surface area (Å²) < 4.78 is 6.56. The van der Waals surface area contributed by atoms with E-state index in [-0.39, 0.29) is 17.2 Å². The summed E-state index contributed by atoms with van der Waals surface area (Å²) in [4.78, 5) is 40.8. The fraction of sp³-hybridized carbons (Fsp3) is 0.304. The van der Waals surface area contributed by atoms with Gasteiger partial charge in [0.25, 0.3) is 5.56 Å². The molecule has 1 fully saturated rings. The second-order valence-corrected chi connectivity index (χ2v) is 7.57. The average Bonchev–Trinajstić information content (AvgIpc) is 3.34. The molecular formula is C23H24N4O4. The lowest BCUT2D eigenvalue weighted by molar-refractivity contribution is -0.135. The number of Topliss-reactive ketones (excluding diaryl/α,β-unsaturated/α-hetero) is 1. The zero-order valence-corrected chi connectivity index (χ0v) is 17.5. The molecule has 3 aromatic rings. The van der Waals surface area contributed by atoms with E-state index in [4.69, 9.17) is 4.42 Å². The lowest BCUT2D eigenvalue weighted by Gasteiger charge is -2.37. The van der Waals surface area contributed by atoms with Crippen molar-refractivity contribution in [1.29, 1.82) is 0 Å². The maximum Gasteiger partial charge on any atom is 0.267 e. The first-order valence-corrected chi connectivity index (χ1v) is 10.2. The van der Waals surface area contributed by atoms with Crippen molar-refractivity contribution in [2.24, 2.45) is 0 Å². The molecule has 3 heterocycles. The number of aromatic nitrogens is 2. The molecule has 1 aliphatic heterocycles. The van der Waals surface area contributed by atoms with Crippen LogP contribution >= 0.6 is 0 Å². The zero-order valence-electron chi connectivity index (χ0n) is 17.5. The molecule has 31 heavy (non-hydrogen) atoms. The van der Waals surface area contributed by atoms with E-state index in [1.165, 1.54) is 17.0 Å². The van der Waals surface area contributed by atoms with Crippen LogP contribution in [0.25, 0.3) is 11.5 Å². The molecule has 1 atom stereocenters. The molecule has 1 unspecified atom stereocenters. The lowest BCUT2D eigenvalue weighted by atomic mass is 10.1. The van der Waals surface area contributed by atoms with Gasteiger partial charge < -0.3 is 14.2 Å². The van der Waals surface area contributed by atoms with Gasteiger partial charge >= 0.3 is 0 Å². The maximum absolute atomic E-state index is 13.1. The van der Waals surface area contributed by atoms with Gasteiger partial charge in [0.15, 0.2) is 11.5 Å². The Balaban J connectivity index is 1.43. The fourth-order valence-electron chi connectivity index (χ4n) is 3.72. The summed E-state index contributed by atoms with van der Waals surface area (Å²) in [6.07, 6.45) is 1.54. The molecule has 0 radical (unpaired) electrons. The molecule has 160 valence electrons. The topological polar surface area (TPSA) is 88.7 Å². The van der Waals surface area contributed by atoms with Crippen molar-refractivity contribution in [2.45, 2.75) is 19.9 Å². The maximum atomic E-state index is 13.1. The van der Waals surface area contributed by atoms with Crippen LogP contribution in [0.15, 0.2) is 64.0 Å². The molecule has 0 bridgehead atoms. The number of hydrogen-bond donors (Lipinski definition) is 0. The van der Waals surface area contributed by atoms with Gasteiger partial charge in [-0.05, 0) is 56.3 Å². The van der Waals surface area contributed by atoms with Gasteiger partial charge in [-0.15, -0.1) is 0 Å². The van der Waals surface area contributed by atoms with E-state index >= 15 is 0 Å². The Hall–Kier alpha value is -3.68. The molecule has 8 heteroatoms. The molecule has 4 rings (SSSR count). The van der Waals surface area contributed by atoms with Gasteiger partial charge in [-0.1, -0.05) is 0 Å². The average molecular weight is 420 g/mol. The van der Waals surface area contributed by atoms with Crippen molar-refractivity contribution < 1.29 is 14.0 Å². The fourth-order valence-corrected chi connectivity index (χ4v) is 3.72. The number of hydrogen-bond acceptors (Lipinski definition) is 6. The summed E-state index contributed by atoms with van der Waals surface area (Å²) in [6, 6.07) is 13.3. The number of carbonyl (C=O) groups excluding carboxylic acids is 2. The summed E-state index contributed by atoms with van der Waals surface area (Å²) >= 11 is 0. The van der Waals surface area contributed by atoms with Crippen LogP contribution in [-0.2, 0) is 4.79 Å². The first kappa shape index (κ1) is 20.6. The number of furan rings is 1. The minimum absolute atomic E-state index is 0.0379. The highest BCUT2D eigenvalue weighted by atomic mass is 16.3. The summed E-state index contributed by atoms with van der Waals surface area (Å²) in [6.45, 7) is 5.67. The minimum Gasteiger partial charge on any atom is -0.463 e. The molecule has 1 aromatic carbocycles. The Kier molecular flexibility index (Phi) is 5.70. The van der Waals surface area contributed by atoms with Crippen molar-refractivity contribution in [1.82, 2.24) is 14.7 Å². The molecule has 0 saturated carbocycles. The highest BCUT2D eigenvalue weighted by molar-refractivity contribution is 5.94. The number of rotatable bonds is 5. The van der Waals surface area contributed by atoms with Gasteiger partial charge in [0.05, 0.1) is 6.26 Å². The van der Waals surface area contributed by atoms with Crippen LogP contribution in [0.2, 0.25) is 0 Å². The third-order valence-corrected chi connectivity index (χ3v) is 5.55. The molecule has 0 spiro atoms. The molecule has 8 nitrogen and oxygen atoms in total. The van der Waals surface area contributed by atoms with E-state index in [2.05, 4.69) is 10.00 Å². The highest BCUT2D eigenvalue weighted by Gasteiger charge is 2.27. The number of benzene rings is 1. The first-order chi connectivity index (χ1) is 14.9. The lowest BCUT2D eigenvalue weighted by Crippen LogP contribution is -2.51. The second kappa shape index (κ2) is 8.59. The highest BCUT2D eigenvalue weighted by Crippen LogP contribution is 2.20. The molecule has 0 N–H and O–H groups in total. The second-order valence-electron chi connectivity index (χ2n) is 7.57. The normalized spacial score (nSPS) is 15.0. The van der Waals surface area contributed by atoms with Crippen molar-refractivity contribution >= 4 is 17.4 Å².